The van der Waals surface area contributed by atoms with Gasteiger partial charge in [0.1, 0.15) is 5.65 Å². The Kier molecular flexibility index (Phi) is 4.75. The summed E-state index contributed by atoms with van der Waals surface area (Å²) in [6, 6.07) is 3.01. The largest absolute Gasteiger partial charge is 0.349 e. The van der Waals surface area contributed by atoms with E-state index in [-0.39, 0.29) is 5.91 Å². The molecule has 150 valence electrons. The third kappa shape index (κ3) is 3.18. The van der Waals surface area contributed by atoms with Crippen LogP contribution in [0.1, 0.15) is 48.9 Å². The molecule has 0 radical (unpaired) electrons. The number of carbonyl (C=O) groups is 1. The summed E-state index contributed by atoms with van der Waals surface area (Å²) in [6.07, 6.45) is 13.1. The zero-order chi connectivity index (χ0) is 19.3. The van der Waals surface area contributed by atoms with Crippen LogP contribution in [0.15, 0.2) is 18.5 Å². The number of amides is 1. The molecular formula is C21H29N5OS. The average Bonchev–Trinajstić information content (AvgIpc) is 3.44. The number of hydrogen-bond donors (Lipinski definition) is 1. The van der Waals surface area contributed by atoms with Crippen LogP contribution in [0.3, 0.4) is 0 Å². The van der Waals surface area contributed by atoms with Crippen molar-refractivity contribution in [1.29, 1.82) is 0 Å². The molecule has 28 heavy (non-hydrogen) atoms. The minimum Gasteiger partial charge on any atom is -0.349 e. The SMILES string of the molecule is CSN(C)C[C@H]1CC[C@H](N2CN(C3CC3)C(=O)c3cnc4[nH]ccc4c32)CC1. The highest BCUT2D eigenvalue weighted by Gasteiger charge is 2.42. The molecule has 3 heterocycles. The maximum atomic E-state index is 13.1. The van der Waals surface area contributed by atoms with Crippen molar-refractivity contribution in [3.63, 3.8) is 0 Å². The first kappa shape index (κ1) is 18.3. The summed E-state index contributed by atoms with van der Waals surface area (Å²) >= 11 is 1.82. The van der Waals surface area contributed by atoms with Gasteiger partial charge in [0.25, 0.3) is 5.91 Å². The predicted octanol–water partition coefficient (Wildman–Crippen LogP) is 3.71. The molecule has 2 aliphatic carbocycles. The summed E-state index contributed by atoms with van der Waals surface area (Å²) in [6.45, 7) is 1.91. The standard InChI is InChI=1S/C21H29N5OS/c1-24(28-2)12-14-3-5-15(6-4-14)25-13-26(16-7-8-16)21(27)18-11-23-20-17(19(18)25)9-10-22-20/h9-11,14-16H,3-8,12-13H2,1-2H3,(H,22,23)/t14-,15-. The number of aromatic amines is 1. The van der Waals surface area contributed by atoms with Crippen LogP contribution in [0.25, 0.3) is 11.0 Å². The second-order valence-corrected chi connectivity index (χ2v) is 9.53. The van der Waals surface area contributed by atoms with Crippen LogP contribution >= 0.6 is 11.9 Å². The monoisotopic (exact) mass is 399 g/mol. The molecule has 1 N–H and O–H groups in total. The van der Waals surface area contributed by atoms with Crippen molar-refractivity contribution in [3.05, 3.63) is 24.0 Å². The molecule has 0 saturated heterocycles. The zero-order valence-corrected chi connectivity index (χ0v) is 17.5. The molecule has 5 rings (SSSR count). The summed E-state index contributed by atoms with van der Waals surface area (Å²) in [5, 5.41) is 1.09. The fourth-order valence-electron chi connectivity index (χ4n) is 4.96. The number of carbonyl (C=O) groups excluding carboxylic acids is 1. The third-order valence-corrected chi connectivity index (χ3v) is 7.49. The Bertz CT molecular complexity index is 871. The number of pyridine rings is 1. The van der Waals surface area contributed by atoms with Gasteiger partial charge in [-0.15, -0.1) is 0 Å². The molecule has 1 amide bonds. The molecule has 7 heteroatoms. The number of nitrogens with zero attached hydrogens (tertiary/aromatic N) is 4. The quantitative estimate of drug-likeness (QED) is 0.777. The Labute approximate surface area is 170 Å². The van der Waals surface area contributed by atoms with Gasteiger partial charge in [0.2, 0.25) is 0 Å². The van der Waals surface area contributed by atoms with Crippen molar-refractivity contribution in [2.75, 3.05) is 31.4 Å². The smallest absolute Gasteiger partial charge is 0.259 e. The highest BCUT2D eigenvalue weighted by Crippen LogP contribution is 2.41. The molecule has 2 aromatic rings. The van der Waals surface area contributed by atoms with Crippen LogP contribution < -0.4 is 4.90 Å². The topological polar surface area (TPSA) is 55.5 Å². The van der Waals surface area contributed by atoms with E-state index in [0.29, 0.717) is 12.1 Å². The Hall–Kier alpha value is -1.73. The molecule has 6 nitrogen and oxygen atoms in total. The van der Waals surface area contributed by atoms with Gasteiger partial charge in [0.05, 0.1) is 17.9 Å². The first-order valence-electron chi connectivity index (χ1n) is 10.4. The lowest BCUT2D eigenvalue weighted by Crippen LogP contribution is -2.52. The van der Waals surface area contributed by atoms with Crippen LogP contribution in [0.4, 0.5) is 5.69 Å². The average molecular weight is 400 g/mol. The van der Waals surface area contributed by atoms with Crippen LogP contribution in [-0.2, 0) is 0 Å². The first-order valence-corrected chi connectivity index (χ1v) is 11.6. The second-order valence-electron chi connectivity index (χ2n) is 8.55. The highest BCUT2D eigenvalue weighted by atomic mass is 32.2. The number of H-pyrrole nitrogens is 1. The van der Waals surface area contributed by atoms with E-state index < -0.39 is 0 Å². The van der Waals surface area contributed by atoms with Crippen molar-refractivity contribution >= 4 is 34.6 Å². The van der Waals surface area contributed by atoms with E-state index in [4.69, 9.17) is 0 Å². The van der Waals surface area contributed by atoms with E-state index in [9.17, 15) is 4.79 Å². The van der Waals surface area contributed by atoms with Crippen molar-refractivity contribution < 1.29 is 4.79 Å². The van der Waals surface area contributed by atoms with Gasteiger partial charge >= 0.3 is 0 Å². The van der Waals surface area contributed by atoms with E-state index in [1.807, 2.05) is 18.1 Å². The number of anilines is 1. The lowest BCUT2D eigenvalue weighted by Gasteiger charge is -2.45. The van der Waals surface area contributed by atoms with E-state index in [1.165, 1.54) is 32.2 Å². The number of rotatable bonds is 5. The van der Waals surface area contributed by atoms with E-state index in [0.717, 1.165) is 47.7 Å². The molecule has 0 aromatic carbocycles. The fraction of sp³-hybridized carbons (Fsp3) is 0.619. The van der Waals surface area contributed by atoms with Crippen molar-refractivity contribution in [2.45, 2.75) is 50.6 Å². The molecule has 2 saturated carbocycles. The first-order chi connectivity index (χ1) is 13.7. The van der Waals surface area contributed by atoms with Gasteiger partial charge in [-0.05, 0) is 63.8 Å². The van der Waals surface area contributed by atoms with Crippen molar-refractivity contribution in [2.24, 2.45) is 5.92 Å². The van der Waals surface area contributed by atoms with Gasteiger partial charge in [-0.2, -0.15) is 0 Å². The molecule has 0 unspecified atom stereocenters. The molecular weight excluding hydrogens is 370 g/mol. The molecule has 3 aliphatic rings. The normalized spacial score (nSPS) is 25.6. The minimum atomic E-state index is 0.166. The van der Waals surface area contributed by atoms with Gasteiger partial charge < -0.3 is 14.8 Å². The lowest BCUT2D eigenvalue weighted by molar-refractivity contribution is 0.0718. The van der Waals surface area contributed by atoms with Gasteiger partial charge in [-0.25, -0.2) is 4.98 Å². The summed E-state index contributed by atoms with van der Waals surface area (Å²) in [5.74, 6) is 0.948. The Morgan fingerprint density at radius 2 is 1.89 bits per heavy atom. The Balaban J connectivity index is 1.43. The van der Waals surface area contributed by atoms with Crippen LogP contribution in [-0.4, -0.2) is 63.7 Å². The van der Waals surface area contributed by atoms with Crippen molar-refractivity contribution in [1.82, 2.24) is 19.2 Å². The molecule has 0 atom stereocenters. The summed E-state index contributed by atoms with van der Waals surface area (Å²) < 4.78 is 2.35. The van der Waals surface area contributed by atoms with Crippen molar-refractivity contribution in [3.8, 4) is 0 Å². The number of hydrogen-bond acceptors (Lipinski definition) is 5. The zero-order valence-electron chi connectivity index (χ0n) is 16.7. The van der Waals surface area contributed by atoms with Gasteiger partial charge in [-0.3, -0.25) is 9.10 Å². The molecule has 0 spiro atoms. The Morgan fingerprint density at radius 1 is 1.18 bits per heavy atom. The van der Waals surface area contributed by atoms with Crippen LogP contribution in [0, 0.1) is 5.92 Å². The molecule has 0 bridgehead atoms. The number of nitrogens with one attached hydrogen (secondary N) is 1. The van der Waals surface area contributed by atoms with Gasteiger partial charge in [0, 0.05) is 36.4 Å². The second kappa shape index (κ2) is 7.26. The maximum absolute atomic E-state index is 13.1. The van der Waals surface area contributed by atoms with Gasteiger partial charge in [0.15, 0.2) is 0 Å². The predicted molar refractivity (Wildman–Crippen MR) is 115 cm³/mol. The molecule has 1 aliphatic heterocycles. The molecule has 2 fully saturated rings. The Morgan fingerprint density at radius 3 is 2.61 bits per heavy atom. The lowest BCUT2D eigenvalue weighted by atomic mass is 9.84. The minimum absolute atomic E-state index is 0.166. The maximum Gasteiger partial charge on any atom is 0.259 e. The van der Waals surface area contributed by atoms with Gasteiger partial charge in [-0.1, -0.05) is 11.9 Å². The van der Waals surface area contributed by atoms with E-state index in [2.05, 4.69) is 43.4 Å². The number of fused-ring (bicyclic) bond motifs is 3. The molecule has 2 aromatic heterocycles. The third-order valence-electron chi connectivity index (χ3n) is 6.71. The highest BCUT2D eigenvalue weighted by molar-refractivity contribution is 7.96. The fourth-order valence-corrected chi connectivity index (χ4v) is 5.32. The van der Waals surface area contributed by atoms with E-state index >= 15 is 0 Å². The summed E-state index contributed by atoms with van der Waals surface area (Å²) in [7, 11) is 2.19. The summed E-state index contributed by atoms with van der Waals surface area (Å²) in [4.78, 5) is 25.5. The van der Waals surface area contributed by atoms with E-state index in [1.54, 1.807) is 6.20 Å². The number of aromatic nitrogens is 2. The summed E-state index contributed by atoms with van der Waals surface area (Å²) in [5.41, 5.74) is 2.78. The van der Waals surface area contributed by atoms with Crippen LogP contribution in [0.2, 0.25) is 0 Å². The van der Waals surface area contributed by atoms with Crippen LogP contribution in [0.5, 0.6) is 0 Å².